The molecule has 0 aromatic heterocycles. The number of nitrogens with one attached hydrogen (secondary N) is 1. The van der Waals surface area contributed by atoms with Crippen molar-refractivity contribution in [1.82, 2.24) is 5.32 Å². The van der Waals surface area contributed by atoms with Gasteiger partial charge in [0, 0.05) is 13.2 Å². The summed E-state index contributed by atoms with van der Waals surface area (Å²) in [4.78, 5) is 4.05. The Kier molecular flexibility index (Phi) is 8.64. The smallest absolute Gasteiger partial charge is 0.383 e. The standard InChI is InChI=1S/C13H18F3N3O.HI/c1-9(8-20-2)19-12(17)18-7-10-3-5-11(6-4-10)13(14,15)16;/h3-6,9H,7-8H2,1-2H3,(H3,17,18,19);1H. The van der Waals surface area contributed by atoms with Gasteiger partial charge in [0.05, 0.1) is 18.7 Å². The Bertz CT molecular complexity index is 449. The fourth-order valence-corrected chi connectivity index (χ4v) is 1.57. The molecule has 1 aromatic carbocycles. The van der Waals surface area contributed by atoms with Crippen molar-refractivity contribution in [2.75, 3.05) is 13.7 Å². The quantitative estimate of drug-likeness (QED) is 0.440. The summed E-state index contributed by atoms with van der Waals surface area (Å²) in [6.45, 7) is 2.58. The largest absolute Gasteiger partial charge is 0.416 e. The van der Waals surface area contributed by atoms with Crippen LogP contribution in [-0.2, 0) is 17.5 Å². The average molecular weight is 417 g/mol. The number of nitrogens with zero attached hydrogens (tertiary/aromatic N) is 1. The highest BCUT2D eigenvalue weighted by Gasteiger charge is 2.29. The topological polar surface area (TPSA) is 59.6 Å². The molecule has 0 fully saturated rings. The summed E-state index contributed by atoms with van der Waals surface area (Å²) in [5, 5.41) is 2.91. The fourth-order valence-electron chi connectivity index (χ4n) is 1.57. The molecule has 0 bridgehead atoms. The van der Waals surface area contributed by atoms with E-state index in [1.165, 1.54) is 12.1 Å². The summed E-state index contributed by atoms with van der Waals surface area (Å²) < 4.78 is 42.1. The van der Waals surface area contributed by atoms with E-state index >= 15 is 0 Å². The predicted octanol–water partition coefficient (Wildman–Crippen LogP) is 2.76. The van der Waals surface area contributed by atoms with Crippen molar-refractivity contribution in [3.63, 3.8) is 0 Å². The van der Waals surface area contributed by atoms with Gasteiger partial charge in [-0.2, -0.15) is 13.2 Å². The van der Waals surface area contributed by atoms with Crippen LogP contribution in [0.25, 0.3) is 0 Å². The summed E-state index contributed by atoms with van der Waals surface area (Å²) in [6.07, 6.45) is -4.32. The second kappa shape index (κ2) is 9.08. The van der Waals surface area contributed by atoms with Crippen molar-refractivity contribution in [2.45, 2.75) is 25.7 Å². The van der Waals surface area contributed by atoms with E-state index < -0.39 is 11.7 Å². The van der Waals surface area contributed by atoms with Crippen LogP contribution in [0.15, 0.2) is 29.3 Å². The van der Waals surface area contributed by atoms with Crippen molar-refractivity contribution in [2.24, 2.45) is 10.7 Å². The molecule has 8 heteroatoms. The Hall–Kier alpha value is -1.03. The van der Waals surface area contributed by atoms with Gasteiger partial charge in [-0.25, -0.2) is 4.99 Å². The molecule has 0 aliphatic rings. The molecule has 0 aliphatic heterocycles. The fraction of sp³-hybridized carbons (Fsp3) is 0.462. The maximum atomic E-state index is 12.4. The zero-order chi connectivity index (χ0) is 15.2. The number of hydrogen-bond donors (Lipinski definition) is 2. The monoisotopic (exact) mass is 417 g/mol. The lowest BCUT2D eigenvalue weighted by atomic mass is 10.1. The number of halogens is 4. The van der Waals surface area contributed by atoms with E-state index in [9.17, 15) is 13.2 Å². The Morgan fingerprint density at radius 3 is 2.38 bits per heavy atom. The summed E-state index contributed by atoms with van der Waals surface area (Å²) in [5.41, 5.74) is 5.63. The molecule has 120 valence electrons. The molecule has 1 atom stereocenters. The van der Waals surface area contributed by atoms with Crippen molar-refractivity contribution >= 4 is 29.9 Å². The zero-order valence-corrected chi connectivity index (χ0v) is 14.1. The molecule has 0 amide bonds. The molecule has 0 saturated carbocycles. The zero-order valence-electron chi connectivity index (χ0n) is 11.8. The normalized spacial score (nSPS) is 13.5. The van der Waals surface area contributed by atoms with Crippen LogP contribution < -0.4 is 11.1 Å². The first-order chi connectivity index (χ1) is 9.32. The number of rotatable bonds is 5. The number of nitrogens with two attached hydrogens (primary N) is 1. The van der Waals surface area contributed by atoms with Crippen LogP contribution in [-0.4, -0.2) is 25.7 Å². The van der Waals surface area contributed by atoms with E-state index in [4.69, 9.17) is 10.5 Å². The van der Waals surface area contributed by atoms with Crippen molar-refractivity contribution in [3.8, 4) is 0 Å². The molecular weight excluding hydrogens is 398 g/mol. The minimum Gasteiger partial charge on any atom is -0.383 e. The lowest BCUT2D eigenvalue weighted by Gasteiger charge is -2.13. The summed E-state index contributed by atoms with van der Waals surface area (Å²) in [5.74, 6) is 0.231. The summed E-state index contributed by atoms with van der Waals surface area (Å²) >= 11 is 0. The number of methoxy groups -OCH3 is 1. The van der Waals surface area contributed by atoms with Crippen LogP contribution in [0.3, 0.4) is 0 Å². The Labute approximate surface area is 139 Å². The molecule has 1 rings (SSSR count). The molecule has 0 heterocycles. The molecule has 3 N–H and O–H groups in total. The second-order valence-corrected chi connectivity index (χ2v) is 4.40. The SMILES string of the molecule is COCC(C)NC(N)=NCc1ccc(C(F)(F)F)cc1.I. The second-order valence-electron chi connectivity index (χ2n) is 4.40. The van der Waals surface area contributed by atoms with Gasteiger partial charge >= 0.3 is 6.18 Å². The van der Waals surface area contributed by atoms with Crippen LogP contribution in [0.5, 0.6) is 0 Å². The van der Waals surface area contributed by atoms with Gasteiger partial charge in [-0.15, -0.1) is 24.0 Å². The third-order valence-corrected chi connectivity index (χ3v) is 2.52. The highest BCUT2D eigenvalue weighted by molar-refractivity contribution is 14.0. The van der Waals surface area contributed by atoms with Gasteiger partial charge in [0.15, 0.2) is 5.96 Å². The number of hydrogen-bond acceptors (Lipinski definition) is 2. The summed E-state index contributed by atoms with van der Waals surface area (Å²) in [6, 6.07) is 4.84. The first kappa shape index (κ1) is 20.0. The van der Waals surface area contributed by atoms with E-state index in [1.54, 1.807) is 7.11 Å². The van der Waals surface area contributed by atoms with Gasteiger partial charge in [0.1, 0.15) is 0 Å². The lowest BCUT2D eigenvalue weighted by Crippen LogP contribution is -2.40. The maximum absolute atomic E-state index is 12.4. The van der Waals surface area contributed by atoms with Gasteiger partial charge in [-0.05, 0) is 24.6 Å². The Morgan fingerprint density at radius 1 is 1.33 bits per heavy atom. The molecule has 4 nitrogen and oxygen atoms in total. The Balaban J connectivity index is 0.00000400. The van der Waals surface area contributed by atoms with Gasteiger partial charge in [-0.3, -0.25) is 0 Å². The third-order valence-electron chi connectivity index (χ3n) is 2.52. The Morgan fingerprint density at radius 2 is 1.90 bits per heavy atom. The van der Waals surface area contributed by atoms with E-state index in [2.05, 4.69) is 10.3 Å². The number of guanidine groups is 1. The van der Waals surface area contributed by atoms with Gasteiger partial charge in [0.25, 0.3) is 0 Å². The number of ether oxygens (including phenoxy) is 1. The molecule has 0 aliphatic carbocycles. The van der Waals surface area contributed by atoms with Gasteiger partial charge in [-0.1, -0.05) is 12.1 Å². The van der Waals surface area contributed by atoms with E-state index in [1.807, 2.05) is 6.92 Å². The molecule has 21 heavy (non-hydrogen) atoms. The van der Waals surface area contributed by atoms with Gasteiger partial charge in [0.2, 0.25) is 0 Å². The first-order valence-corrected chi connectivity index (χ1v) is 6.04. The van der Waals surface area contributed by atoms with E-state index in [-0.39, 0.29) is 42.5 Å². The third kappa shape index (κ3) is 7.51. The molecular formula is C13H19F3IN3O. The highest BCUT2D eigenvalue weighted by Crippen LogP contribution is 2.29. The minimum atomic E-state index is -4.32. The lowest BCUT2D eigenvalue weighted by molar-refractivity contribution is -0.137. The number of benzene rings is 1. The van der Waals surface area contributed by atoms with Crippen LogP contribution in [0.2, 0.25) is 0 Å². The van der Waals surface area contributed by atoms with Crippen LogP contribution >= 0.6 is 24.0 Å². The molecule has 0 spiro atoms. The number of aliphatic imine (C=N–C) groups is 1. The van der Waals surface area contributed by atoms with Crippen LogP contribution in [0.1, 0.15) is 18.1 Å². The molecule has 1 unspecified atom stereocenters. The van der Waals surface area contributed by atoms with E-state index in [0.717, 1.165) is 12.1 Å². The number of alkyl halides is 3. The van der Waals surface area contributed by atoms with E-state index in [0.29, 0.717) is 12.2 Å². The predicted molar refractivity (Wildman–Crippen MR) is 86.7 cm³/mol. The van der Waals surface area contributed by atoms with Gasteiger partial charge < -0.3 is 15.8 Å². The van der Waals surface area contributed by atoms with Crippen LogP contribution in [0, 0.1) is 0 Å². The average Bonchev–Trinajstić information content (AvgIpc) is 2.36. The van der Waals surface area contributed by atoms with Crippen LogP contribution in [0.4, 0.5) is 13.2 Å². The molecule has 0 radical (unpaired) electrons. The summed E-state index contributed by atoms with van der Waals surface area (Å²) in [7, 11) is 1.58. The van der Waals surface area contributed by atoms with Crippen molar-refractivity contribution in [3.05, 3.63) is 35.4 Å². The highest BCUT2D eigenvalue weighted by atomic mass is 127. The van der Waals surface area contributed by atoms with Crippen molar-refractivity contribution in [1.29, 1.82) is 0 Å². The molecule has 1 aromatic rings. The molecule has 0 saturated heterocycles. The minimum absolute atomic E-state index is 0. The first-order valence-electron chi connectivity index (χ1n) is 6.04. The van der Waals surface area contributed by atoms with Crippen molar-refractivity contribution < 1.29 is 17.9 Å². The maximum Gasteiger partial charge on any atom is 0.416 e.